The Morgan fingerprint density at radius 2 is 1.97 bits per heavy atom. The van der Waals surface area contributed by atoms with Gasteiger partial charge < -0.3 is 14.2 Å². The fourth-order valence-electron chi connectivity index (χ4n) is 4.12. The van der Waals surface area contributed by atoms with Crippen LogP contribution >= 0.6 is 11.6 Å². The van der Waals surface area contributed by atoms with E-state index in [1.807, 2.05) is 18.2 Å². The minimum atomic E-state index is 0.492. The minimum absolute atomic E-state index is 0.492. The second-order valence-corrected chi connectivity index (χ2v) is 8.72. The van der Waals surface area contributed by atoms with Gasteiger partial charge in [0.1, 0.15) is 18.1 Å². The molecule has 30 heavy (non-hydrogen) atoms. The Morgan fingerprint density at radius 3 is 2.77 bits per heavy atom. The summed E-state index contributed by atoms with van der Waals surface area (Å²) >= 11 is 6.11. The molecule has 0 radical (unpaired) electrons. The van der Waals surface area contributed by atoms with Crippen molar-refractivity contribution in [1.29, 1.82) is 0 Å². The molecule has 0 bridgehead atoms. The van der Waals surface area contributed by atoms with Crippen molar-refractivity contribution in [2.75, 3.05) is 19.8 Å². The van der Waals surface area contributed by atoms with Crippen LogP contribution in [0.5, 0.6) is 11.5 Å². The third kappa shape index (κ3) is 6.39. The van der Waals surface area contributed by atoms with Gasteiger partial charge in [-0.25, -0.2) is 0 Å². The molecule has 0 amide bonds. The van der Waals surface area contributed by atoms with E-state index < -0.39 is 0 Å². The van der Waals surface area contributed by atoms with Crippen LogP contribution in [0.25, 0.3) is 0 Å². The van der Waals surface area contributed by atoms with Crippen molar-refractivity contribution in [2.45, 2.75) is 65.4 Å². The molecule has 2 unspecified atom stereocenters. The van der Waals surface area contributed by atoms with Crippen molar-refractivity contribution in [3.8, 4) is 11.5 Å². The van der Waals surface area contributed by atoms with Crippen LogP contribution in [0.3, 0.4) is 0 Å². The highest BCUT2D eigenvalue weighted by atomic mass is 35.5. The summed E-state index contributed by atoms with van der Waals surface area (Å²) in [6.45, 7) is 9.56. The van der Waals surface area contributed by atoms with Crippen LogP contribution in [0.1, 0.15) is 69.1 Å². The van der Waals surface area contributed by atoms with E-state index in [0.717, 1.165) is 55.1 Å². The molecule has 3 rings (SSSR count). The number of hydrogen-bond acceptors (Lipinski definition) is 3. The average Bonchev–Trinajstić information content (AvgIpc) is 3.16. The second kappa shape index (κ2) is 11.6. The lowest BCUT2D eigenvalue weighted by Gasteiger charge is -2.15. The lowest BCUT2D eigenvalue weighted by Crippen LogP contribution is -2.05. The van der Waals surface area contributed by atoms with Crippen molar-refractivity contribution in [3.05, 3.63) is 58.1 Å². The molecule has 3 nitrogen and oxygen atoms in total. The van der Waals surface area contributed by atoms with E-state index in [1.165, 1.54) is 36.0 Å². The summed E-state index contributed by atoms with van der Waals surface area (Å²) in [7, 11) is 0. The standard InChI is InChI=1S/C26H35ClO3/c1-4-20-15-23(27)11-10-21(20)17-29-24-12-13-25-22(18-30-26(25)16-24)9-8-19(3)7-6-14-28-5-2/h10-13,15-16,19,22H,4-9,14,17-18H2,1-3H3. The molecule has 0 aromatic heterocycles. The number of aryl methyl sites for hydroxylation is 1. The molecule has 1 aliphatic heterocycles. The second-order valence-electron chi connectivity index (χ2n) is 8.28. The third-order valence-corrected chi connectivity index (χ3v) is 6.24. The maximum absolute atomic E-state index is 6.11. The highest BCUT2D eigenvalue weighted by molar-refractivity contribution is 6.30. The molecule has 164 valence electrons. The normalized spacial score (nSPS) is 16.2. The van der Waals surface area contributed by atoms with Gasteiger partial charge in [0, 0.05) is 35.8 Å². The topological polar surface area (TPSA) is 27.7 Å². The molecule has 0 saturated heterocycles. The van der Waals surface area contributed by atoms with Crippen LogP contribution in [0, 0.1) is 5.92 Å². The highest BCUT2D eigenvalue weighted by Crippen LogP contribution is 2.39. The monoisotopic (exact) mass is 430 g/mol. The van der Waals surface area contributed by atoms with Crippen molar-refractivity contribution in [1.82, 2.24) is 0 Å². The van der Waals surface area contributed by atoms with Gasteiger partial charge in [0.05, 0.1) is 6.61 Å². The fraction of sp³-hybridized carbons (Fsp3) is 0.538. The predicted octanol–water partition coefficient (Wildman–Crippen LogP) is 7.19. The first-order valence-electron chi connectivity index (χ1n) is 11.3. The third-order valence-electron chi connectivity index (χ3n) is 6.01. The molecule has 1 heterocycles. The van der Waals surface area contributed by atoms with Crippen molar-refractivity contribution >= 4 is 11.6 Å². The van der Waals surface area contributed by atoms with E-state index in [-0.39, 0.29) is 0 Å². The summed E-state index contributed by atoms with van der Waals surface area (Å²) < 4.78 is 17.5. The fourth-order valence-corrected chi connectivity index (χ4v) is 4.31. The maximum Gasteiger partial charge on any atom is 0.126 e. The Balaban J connectivity index is 1.51. The van der Waals surface area contributed by atoms with Gasteiger partial charge in [-0.1, -0.05) is 37.6 Å². The summed E-state index contributed by atoms with van der Waals surface area (Å²) in [6, 6.07) is 12.3. The first-order chi connectivity index (χ1) is 14.6. The van der Waals surface area contributed by atoms with Crippen LogP contribution in [0.4, 0.5) is 0 Å². The summed E-state index contributed by atoms with van der Waals surface area (Å²) in [5.74, 6) is 3.06. The van der Waals surface area contributed by atoms with E-state index in [9.17, 15) is 0 Å². The van der Waals surface area contributed by atoms with Crippen LogP contribution in [-0.4, -0.2) is 19.8 Å². The smallest absolute Gasteiger partial charge is 0.126 e. The molecule has 0 fully saturated rings. The van der Waals surface area contributed by atoms with E-state index >= 15 is 0 Å². The number of halogens is 1. The molecule has 0 saturated carbocycles. The van der Waals surface area contributed by atoms with E-state index in [1.54, 1.807) is 0 Å². The first-order valence-corrected chi connectivity index (χ1v) is 11.7. The molecule has 0 aliphatic carbocycles. The van der Waals surface area contributed by atoms with Gasteiger partial charge in [-0.2, -0.15) is 0 Å². The molecule has 0 N–H and O–H groups in total. The van der Waals surface area contributed by atoms with Crippen molar-refractivity contribution in [2.24, 2.45) is 5.92 Å². The Kier molecular flexibility index (Phi) is 8.89. The number of rotatable bonds is 12. The molecular formula is C26H35ClO3. The van der Waals surface area contributed by atoms with Gasteiger partial charge in [0.15, 0.2) is 0 Å². The Bertz CT molecular complexity index is 805. The number of benzene rings is 2. The molecule has 4 heteroatoms. The average molecular weight is 431 g/mol. The summed E-state index contributed by atoms with van der Waals surface area (Å²) in [5, 5.41) is 0.774. The summed E-state index contributed by atoms with van der Waals surface area (Å²) in [5.41, 5.74) is 3.74. The zero-order valence-corrected chi connectivity index (χ0v) is 19.3. The Morgan fingerprint density at radius 1 is 1.10 bits per heavy atom. The van der Waals surface area contributed by atoms with Gasteiger partial charge in [0.25, 0.3) is 0 Å². The molecule has 2 aromatic rings. The quantitative estimate of drug-likeness (QED) is 0.333. The Labute approximate surface area is 186 Å². The molecule has 1 aliphatic rings. The minimum Gasteiger partial charge on any atom is -0.493 e. The van der Waals surface area contributed by atoms with Gasteiger partial charge in [-0.15, -0.1) is 0 Å². The number of ether oxygens (including phenoxy) is 3. The predicted molar refractivity (Wildman–Crippen MR) is 124 cm³/mol. The van der Waals surface area contributed by atoms with Crippen molar-refractivity contribution < 1.29 is 14.2 Å². The SMILES string of the molecule is CCOCCCC(C)CCC1COc2cc(OCc3ccc(Cl)cc3CC)ccc21. The lowest BCUT2D eigenvalue weighted by molar-refractivity contribution is 0.139. The lowest BCUT2D eigenvalue weighted by atomic mass is 9.90. The van der Waals surface area contributed by atoms with E-state index in [4.69, 9.17) is 25.8 Å². The molecule has 0 spiro atoms. The van der Waals surface area contributed by atoms with E-state index in [2.05, 4.69) is 39.0 Å². The van der Waals surface area contributed by atoms with Gasteiger partial charge in [0.2, 0.25) is 0 Å². The van der Waals surface area contributed by atoms with Gasteiger partial charge >= 0.3 is 0 Å². The first kappa shape index (κ1) is 23.0. The van der Waals surface area contributed by atoms with Gasteiger partial charge in [-0.05, 0) is 74.3 Å². The largest absolute Gasteiger partial charge is 0.493 e. The van der Waals surface area contributed by atoms with E-state index in [0.29, 0.717) is 12.5 Å². The maximum atomic E-state index is 6.11. The Hall–Kier alpha value is -1.71. The number of fused-ring (bicyclic) bond motifs is 1. The summed E-state index contributed by atoms with van der Waals surface area (Å²) in [6.07, 6.45) is 5.73. The number of hydrogen-bond donors (Lipinski definition) is 0. The van der Waals surface area contributed by atoms with Crippen LogP contribution in [0.15, 0.2) is 36.4 Å². The van der Waals surface area contributed by atoms with Crippen LogP contribution in [0.2, 0.25) is 5.02 Å². The molecule has 2 atom stereocenters. The van der Waals surface area contributed by atoms with Gasteiger partial charge in [-0.3, -0.25) is 0 Å². The zero-order chi connectivity index (χ0) is 21.3. The van der Waals surface area contributed by atoms with Crippen LogP contribution in [-0.2, 0) is 17.8 Å². The van der Waals surface area contributed by atoms with Crippen LogP contribution < -0.4 is 9.47 Å². The summed E-state index contributed by atoms with van der Waals surface area (Å²) in [4.78, 5) is 0. The molecular weight excluding hydrogens is 396 g/mol. The zero-order valence-electron chi connectivity index (χ0n) is 18.6. The highest BCUT2D eigenvalue weighted by Gasteiger charge is 2.25. The van der Waals surface area contributed by atoms with Crippen molar-refractivity contribution in [3.63, 3.8) is 0 Å². The molecule has 2 aromatic carbocycles.